The third kappa shape index (κ3) is 7.42. The molecule has 3 rings (SSSR count). The van der Waals surface area contributed by atoms with Gasteiger partial charge in [-0.25, -0.2) is 13.6 Å². The third-order valence-corrected chi connectivity index (χ3v) is 6.43. The number of halogens is 2. The van der Waals surface area contributed by atoms with E-state index in [-0.39, 0.29) is 17.9 Å². The van der Waals surface area contributed by atoms with Crippen molar-refractivity contribution >= 4 is 6.09 Å². The highest BCUT2D eigenvalue weighted by atomic mass is 19.2. The predicted molar refractivity (Wildman–Crippen MR) is 116 cm³/mol. The molecule has 2 aliphatic rings. The fraction of sp³-hybridized carbons (Fsp3) is 0.708. The molecule has 1 heterocycles. The molecular formula is C24H36F2N2O3. The summed E-state index contributed by atoms with van der Waals surface area (Å²) < 4.78 is 37.8. The average molecular weight is 439 g/mol. The van der Waals surface area contributed by atoms with Crippen molar-refractivity contribution < 1.29 is 23.0 Å². The van der Waals surface area contributed by atoms with E-state index in [1.54, 1.807) is 4.90 Å². The second kappa shape index (κ2) is 12.3. The maximum atomic E-state index is 13.4. The number of benzene rings is 1. The zero-order valence-corrected chi connectivity index (χ0v) is 18.7. The van der Waals surface area contributed by atoms with Gasteiger partial charge in [-0.15, -0.1) is 0 Å². The summed E-state index contributed by atoms with van der Waals surface area (Å²) in [4.78, 5) is 16.8. The first-order chi connectivity index (χ1) is 15.1. The topological polar surface area (TPSA) is 42.0 Å². The van der Waals surface area contributed by atoms with E-state index in [2.05, 4.69) is 4.90 Å². The molecule has 2 fully saturated rings. The number of hydrogen-bond acceptors (Lipinski definition) is 4. The van der Waals surface area contributed by atoms with Crippen molar-refractivity contribution in [2.45, 2.75) is 76.9 Å². The molecule has 0 atom stereocenters. The zero-order valence-electron chi connectivity index (χ0n) is 18.7. The largest absolute Gasteiger partial charge is 0.415 e. The summed E-state index contributed by atoms with van der Waals surface area (Å²) in [7, 11) is 0. The first-order valence-corrected chi connectivity index (χ1v) is 11.8. The Hall–Kier alpha value is -1.73. The van der Waals surface area contributed by atoms with Crippen molar-refractivity contribution in [3.8, 4) is 5.75 Å². The van der Waals surface area contributed by atoms with Gasteiger partial charge >= 0.3 is 6.09 Å². The van der Waals surface area contributed by atoms with Crippen molar-refractivity contribution in [3.63, 3.8) is 0 Å². The number of carbonyl (C=O) groups excluding carboxylic acids is 1. The lowest BCUT2D eigenvalue weighted by molar-refractivity contribution is 0.00762. The molecule has 7 heteroatoms. The zero-order chi connectivity index (χ0) is 22.1. The Kier molecular flexibility index (Phi) is 9.53. The van der Waals surface area contributed by atoms with E-state index in [1.807, 2.05) is 6.92 Å². The molecule has 31 heavy (non-hydrogen) atoms. The predicted octanol–water partition coefficient (Wildman–Crippen LogP) is 5.38. The summed E-state index contributed by atoms with van der Waals surface area (Å²) in [5.41, 5.74) is 0. The normalized spacial score (nSPS) is 22.3. The monoisotopic (exact) mass is 438 g/mol. The average Bonchev–Trinajstić information content (AvgIpc) is 2.78. The van der Waals surface area contributed by atoms with Crippen molar-refractivity contribution in [2.75, 3.05) is 32.8 Å². The summed E-state index contributed by atoms with van der Waals surface area (Å²) in [5.74, 6) is -1.97. The fourth-order valence-corrected chi connectivity index (χ4v) is 4.63. The van der Waals surface area contributed by atoms with Gasteiger partial charge in [-0.2, -0.15) is 0 Å². The van der Waals surface area contributed by atoms with Gasteiger partial charge in [-0.1, -0.05) is 6.42 Å². The van der Waals surface area contributed by atoms with Gasteiger partial charge in [0.05, 0.1) is 6.10 Å². The van der Waals surface area contributed by atoms with E-state index in [9.17, 15) is 13.6 Å². The Morgan fingerprint density at radius 2 is 1.81 bits per heavy atom. The van der Waals surface area contributed by atoms with Crippen LogP contribution in [-0.4, -0.2) is 60.8 Å². The Morgan fingerprint density at radius 3 is 2.48 bits per heavy atom. The van der Waals surface area contributed by atoms with Crippen LogP contribution >= 0.6 is 0 Å². The van der Waals surface area contributed by atoms with Crippen LogP contribution in [0.2, 0.25) is 0 Å². The lowest BCUT2D eigenvalue weighted by Crippen LogP contribution is -2.44. The molecular weight excluding hydrogens is 402 g/mol. The van der Waals surface area contributed by atoms with Crippen LogP contribution in [0, 0.1) is 11.6 Å². The molecule has 174 valence electrons. The van der Waals surface area contributed by atoms with E-state index >= 15 is 0 Å². The molecule has 1 amide bonds. The molecule has 1 aromatic carbocycles. The summed E-state index contributed by atoms with van der Waals surface area (Å²) in [5, 5.41) is 0. The maximum Gasteiger partial charge on any atom is 0.415 e. The lowest BCUT2D eigenvalue weighted by atomic mass is 9.92. The molecule has 0 bridgehead atoms. The first-order valence-electron chi connectivity index (χ1n) is 11.8. The number of hydrogen-bond donors (Lipinski definition) is 0. The Bertz CT molecular complexity index is 689. The highest BCUT2D eigenvalue weighted by Crippen LogP contribution is 2.26. The second-order valence-electron chi connectivity index (χ2n) is 8.64. The molecule has 1 aliphatic carbocycles. The van der Waals surface area contributed by atoms with E-state index < -0.39 is 17.7 Å². The van der Waals surface area contributed by atoms with Gasteiger partial charge in [-0.05, 0) is 90.1 Å². The second-order valence-corrected chi connectivity index (χ2v) is 8.64. The summed E-state index contributed by atoms with van der Waals surface area (Å²) in [6, 6.07) is 3.21. The number of unbranched alkanes of at least 4 members (excludes halogenated alkanes) is 1. The molecule has 5 nitrogen and oxygen atoms in total. The van der Waals surface area contributed by atoms with Gasteiger partial charge < -0.3 is 19.3 Å². The van der Waals surface area contributed by atoms with Crippen molar-refractivity contribution in [2.24, 2.45) is 0 Å². The van der Waals surface area contributed by atoms with E-state index in [0.29, 0.717) is 6.54 Å². The highest BCUT2D eigenvalue weighted by molar-refractivity contribution is 5.71. The van der Waals surface area contributed by atoms with E-state index in [0.717, 1.165) is 50.8 Å². The van der Waals surface area contributed by atoms with Crippen LogP contribution in [0.25, 0.3) is 0 Å². The van der Waals surface area contributed by atoms with Crippen LogP contribution < -0.4 is 4.74 Å². The minimum Gasteiger partial charge on any atom is -0.410 e. The number of rotatable bonds is 9. The molecule has 0 N–H and O–H groups in total. The lowest BCUT2D eigenvalue weighted by Gasteiger charge is -2.35. The summed E-state index contributed by atoms with van der Waals surface area (Å²) in [6.07, 6.45) is 9.64. The van der Waals surface area contributed by atoms with Gasteiger partial charge in [0.25, 0.3) is 0 Å². The number of amides is 1. The molecule has 1 aliphatic heterocycles. The molecule has 0 aromatic heterocycles. The van der Waals surface area contributed by atoms with Gasteiger partial charge in [0.2, 0.25) is 0 Å². The van der Waals surface area contributed by atoms with Crippen LogP contribution in [0.5, 0.6) is 5.75 Å². The van der Waals surface area contributed by atoms with Gasteiger partial charge in [-0.3, -0.25) is 0 Å². The maximum absolute atomic E-state index is 13.4. The van der Waals surface area contributed by atoms with Crippen LogP contribution in [-0.2, 0) is 4.74 Å². The Labute approximate surface area is 184 Å². The number of nitrogens with zero attached hydrogens (tertiary/aromatic N) is 2. The summed E-state index contributed by atoms with van der Waals surface area (Å²) >= 11 is 0. The smallest absolute Gasteiger partial charge is 0.410 e. The van der Waals surface area contributed by atoms with Gasteiger partial charge in [0, 0.05) is 25.3 Å². The SMILES string of the molecule is CCN(C(=O)Oc1ccc(F)c(F)c1)[C@H]1CC[C@H](OCCCCN2CCCCC2)CC1. The third-order valence-electron chi connectivity index (χ3n) is 6.43. The number of ether oxygens (including phenoxy) is 2. The van der Waals surface area contributed by atoms with Crippen LogP contribution in [0.4, 0.5) is 13.6 Å². The molecule has 1 saturated heterocycles. The van der Waals surface area contributed by atoms with Crippen LogP contribution in [0.3, 0.4) is 0 Å². The van der Waals surface area contributed by atoms with Gasteiger partial charge in [0.15, 0.2) is 11.6 Å². The van der Waals surface area contributed by atoms with Crippen LogP contribution in [0.1, 0.15) is 64.7 Å². The van der Waals surface area contributed by atoms with Crippen molar-refractivity contribution in [3.05, 3.63) is 29.8 Å². The van der Waals surface area contributed by atoms with Gasteiger partial charge in [0.1, 0.15) is 5.75 Å². The molecule has 1 saturated carbocycles. The number of likely N-dealkylation sites (tertiary alicyclic amines) is 1. The standard InChI is InChI=1S/C24H36F2N2O3/c1-2-28(24(29)31-21-12-13-22(25)23(26)18-21)19-8-10-20(11-9-19)30-17-7-6-16-27-14-4-3-5-15-27/h12-13,18-20H,2-11,14-17H2,1H3/t19-,20-. The molecule has 0 radical (unpaired) electrons. The Balaban J connectivity index is 1.34. The number of carbonyl (C=O) groups is 1. The van der Waals surface area contributed by atoms with Crippen molar-refractivity contribution in [1.82, 2.24) is 9.80 Å². The summed E-state index contributed by atoms with van der Waals surface area (Å²) in [6.45, 7) is 6.89. The fourth-order valence-electron chi connectivity index (χ4n) is 4.63. The molecule has 1 aromatic rings. The first kappa shape index (κ1) is 23.9. The van der Waals surface area contributed by atoms with Crippen molar-refractivity contribution in [1.29, 1.82) is 0 Å². The highest BCUT2D eigenvalue weighted by Gasteiger charge is 2.29. The van der Waals surface area contributed by atoms with Crippen LogP contribution in [0.15, 0.2) is 18.2 Å². The minimum atomic E-state index is -1.03. The molecule has 0 unspecified atom stereocenters. The number of piperidine rings is 1. The van der Waals surface area contributed by atoms with E-state index in [1.165, 1.54) is 51.4 Å². The molecule has 0 spiro atoms. The Morgan fingerprint density at radius 1 is 1.06 bits per heavy atom. The quantitative estimate of drug-likeness (QED) is 0.486. The minimum absolute atomic E-state index is 0.0175. The van der Waals surface area contributed by atoms with E-state index in [4.69, 9.17) is 9.47 Å².